The number of benzene rings is 1. The van der Waals surface area contributed by atoms with Crippen molar-refractivity contribution in [2.24, 2.45) is 0 Å². The van der Waals surface area contributed by atoms with Crippen LogP contribution in [0.4, 0.5) is 0 Å². The quantitative estimate of drug-likeness (QED) is 0.0421. The Morgan fingerprint density at radius 1 is 0.532 bits per heavy atom. The topological polar surface area (TPSA) is 107 Å². The number of rotatable bonds is 27. The monoisotopic (exact) mass is 702 g/mol. The summed E-state index contributed by atoms with van der Waals surface area (Å²) in [6.07, 6.45) is 36.2. The molecule has 0 aliphatic rings. The number of esters is 2. The van der Waals surface area contributed by atoms with E-state index in [1.165, 1.54) is 122 Å². The van der Waals surface area contributed by atoms with Crippen molar-refractivity contribution >= 4 is 29.3 Å². The van der Waals surface area contributed by atoms with E-state index >= 15 is 0 Å². The Labute approximate surface area is 289 Å². The third kappa shape index (κ3) is 22.0. The fraction of sp³-hybridized carbons (Fsp3) is 0.789. The maximum absolute atomic E-state index is 11.3. The van der Waals surface area contributed by atoms with Gasteiger partial charge in [0.25, 0.3) is 10.1 Å². The largest absolute Gasteiger partial charge is 0.465 e. The van der Waals surface area contributed by atoms with Crippen molar-refractivity contribution in [2.45, 2.75) is 161 Å². The van der Waals surface area contributed by atoms with E-state index in [9.17, 15) is 18.0 Å². The van der Waals surface area contributed by atoms with Crippen molar-refractivity contribution in [1.82, 2.24) is 0 Å². The smallest absolute Gasteiger partial charge is 0.337 e. The molecule has 1 rings (SSSR count). The number of carbonyl (C=O) groups excluding carboxylic acids is 2. The summed E-state index contributed by atoms with van der Waals surface area (Å²) in [5.41, 5.74) is -0.374. The molecule has 47 heavy (non-hydrogen) atoms. The second-order valence-corrected chi connectivity index (χ2v) is 19.8. The zero-order valence-electron chi connectivity index (χ0n) is 31.0. The molecule has 1 aromatic carbocycles. The van der Waals surface area contributed by atoms with Crippen LogP contribution >= 0.6 is 7.26 Å². The molecular weight excluding hydrogens is 631 g/mol. The molecular formula is C38H71O7PS. The van der Waals surface area contributed by atoms with Crippen molar-refractivity contribution in [3.8, 4) is 0 Å². The van der Waals surface area contributed by atoms with Gasteiger partial charge >= 0.3 is 174 Å². The molecule has 1 N–H and O–H groups in total. The molecule has 0 bridgehead atoms. The van der Waals surface area contributed by atoms with Crippen LogP contribution in [0.3, 0.4) is 0 Å². The first-order valence-corrected chi connectivity index (χ1v) is 23.1. The van der Waals surface area contributed by atoms with Crippen LogP contribution in [0.2, 0.25) is 0 Å². The van der Waals surface area contributed by atoms with Gasteiger partial charge in [-0.3, -0.25) is 4.55 Å². The summed E-state index contributed by atoms with van der Waals surface area (Å²) in [5, 5.41) is 0. The van der Waals surface area contributed by atoms with E-state index in [1.54, 1.807) is 31.1 Å². The van der Waals surface area contributed by atoms with E-state index in [1.807, 2.05) is 0 Å². The molecule has 1 aromatic rings. The maximum Gasteiger partial charge on any atom is 0.337 e. The minimum atomic E-state index is -4.55. The molecule has 0 aliphatic heterocycles. The number of ether oxygens (including phenoxy) is 2. The van der Waals surface area contributed by atoms with Gasteiger partial charge in [0.2, 0.25) is 0 Å². The Bertz CT molecular complexity index is 1000. The van der Waals surface area contributed by atoms with Crippen LogP contribution in [0.1, 0.15) is 177 Å². The molecule has 0 saturated heterocycles. The second-order valence-electron chi connectivity index (χ2n) is 13.4. The molecule has 276 valence electrons. The van der Waals surface area contributed by atoms with Crippen LogP contribution < -0.4 is 0 Å². The molecule has 9 heteroatoms. The van der Waals surface area contributed by atoms with Crippen LogP contribution in [-0.4, -0.2) is 63.8 Å². The van der Waals surface area contributed by atoms with Gasteiger partial charge in [-0.2, -0.15) is 8.42 Å². The number of hydrogen-bond donors (Lipinski definition) is 1. The van der Waals surface area contributed by atoms with Gasteiger partial charge < -0.3 is 9.47 Å². The third-order valence-electron chi connectivity index (χ3n) is 9.29. The van der Waals surface area contributed by atoms with Crippen LogP contribution in [-0.2, 0) is 19.6 Å². The number of unbranched alkanes of at least 4 members (excludes halogenated alkanes) is 16. The second kappa shape index (κ2) is 28.3. The zero-order chi connectivity index (χ0) is 35.4. The van der Waals surface area contributed by atoms with Crippen molar-refractivity contribution in [3.63, 3.8) is 0 Å². The number of methoxy groups -OCH3 is 2. The molecule has 0 aromatic heterocycles. The molecule has 0 spiro atoms. The Kier molecular flexibility index (Phi) is 27.4. The minimum absolute atomic E-state index is 0.187. The SMILES string of the molecule is CCCCCCCCCCCCCCCC[PH](CCCC)(CCCC)CCCC.COC(=O)c1cc(C(=O)OC)cc(S(=O)(=O)O)c1. The van der Waals surface area contributed by atoms with Crippen LogP contribution in [0.15, 0.2) is 23.1 Å². The fourth-order valence-corrected chi connectivity index (χ4v) is 12.7. The summed E-state index contributed by atoms with van der Waals surface area (Å²) in [6.45, 7) is 9.49. The Morgan fingerprint density at radius 2 is 0.830 bits per heavy atom. The molecule has 0 amide bonds. The van der Waals surface area contributed by atoms with Crippen molar-refractivity contribution in [2.75, 3.05) is 38.9 Å². The molecule has 0 unspecified atom stereocenters. The van der Waals surface area contributed by atoms with Gasteiger partial charge in [0.15, 0.2) is 0 Å². The van der Waals surface area contributed by atoms with E-state index < -0.39 is 34.2 Å². The molecule has 0 fully saturated rings. The summed E-state index contributed by atoms with van der Waals surface area (Å²) in [4.78, 5) is 22.0. The molecule has 0 saturated carbocycles. The first-order chi connectivity index (χ1) is 22.5. The normalized spacial score (nSPS) is 11.9. The maximum atomic E-state index is 11.3. The average molecular weight is 703 g/mol. The van der Waals surface area contributed by atoms with Crippen molar-refractivity contribution in [3.05, 3.63) is 29.3 Å². The summed E-state index contributed by atoms with van der Waals surface area (Å²) < 4.78 is 39.7. The standard InChI is InChI=1S/C28H61P.C10H10O7S/c1-5-9-13-14-15-16-17-18-19-20-21-22-23-24-28-29(25-10-6-2,26-11-7-3)27-12-8-4;1-16-9(11)6-3-7(10(12)17-2)5-8(4-6)18(13,14)15/h29H,5-28H2,1-4H3;3-5H,1-2H3,(H,13,14,15). The Morgan fingerprint density at radius 3 is 1.13 bits per heavy atom. The molecule has 0 radical (unpaired) electrons. The van der Waals surface area contributed by atoms with Gasteiger partial charge in [0.05, 0.1) is 30.2 Å². The van der Waals surface area contributed by atoms with Gasteiger partial charge in [-0.1, -0.05) is 26.2 Å². The van der Waals surface area contributed by atoms with E-state index in [0.717, 1.165) is 32.4 Å². The van der Waals surface area contributed by atoms with Crippen LogP contribution in [0.25, 0.3) is 0 Å². The van der Waals surface area contributed by atoms with E-state index in [2.05, 4.69) is 37.2 Å². The molecule has 0 aliphatic carbocycles. The first-order valence-electron chi connectivity index (χ1n) is 18.8. The van der Waals surface area contributed by atoms with Crippen molar-refractivity contribution < 1.29 is 32.0 Å². The van der Waals surface area contributed by atoms with Crippen LogP contribution in [0, 0.1) is 0 Å². The molecule has 0 atom stereocenters. The Balaban J connectivity index is 0.00000100. The van der Waals surface area contributed by atoms with Crippen molar-refractivity contribution in [1.29, 1.82) is 0 Å². The van der Waals surface area contributed by atoms with Gasteiger partial charge in [-0.15, -0.1) is 0 Å². The summed E-state index contributed by atoms with van der Waals surface area (Å²) in [7, 11) is -3.31. The first kappa shape index (κ1) is 45.5. The minimum Gasteiger partial charge on any atom is -0.465 e. The van der Waals surface area contributed by atoms with Gasteiger partial charge in [0, 0.05) is 0 Å². The Hall–Kier alpha value is -1.50. The van der Waals surface area contributed by atoms with Gasteiger partial charge in [0.1, 0.15) is 0 Å². The van der Waals surface area contributed by atoms with Gasteiger partial charge in [-0.25, -0.2) is 9.59 Å². The fourth-order valence-electron chi connectivity index (χ4n) is 6.32. The van der Waals surface area contributed by atoms with E-state index in [4.69, 9.17) is 4.55 Å². The zero-order valence-corrected chi connectivity index (χ0v) is 32.8. The third-order valence-corrected chi connectivity index (χ3v) is 15.8. The molecule has 7 nitrogen and oxygen atoms in total. The summed E-state index contributed by atoms with van der Waals surface area (Å²) in [6, 6.07) is 2.90. The number of carbonyl (C=O) groups is 2. The predicted octanol–water partition coefficient (Wildman–Crippen LogP) is 11.1. The average Bonchev–Trinajstić information content (AvgIpc) is 3.07. The number of hydrogen-bond acceptors (Lipinski definition) is 6. The summed E-state index contributed by atoms with van der Waals surface area (Å²) in [5.74, 6) is -1.68. The van der Waals surface area contributed by atoms with Crippen LogP contribution in [0.5, 0.6) is 0 Å². The molecule has 0 heterocycles. The summed E-state index contributed by atoms with van der Waals surface area (Å²) >= 11 is 0. The van der Waals surface area contributed by atoms with E-state index in [-0.39, 0.29) is 11.1 Å². The van der Waals surface area contributed by atoms with Gasteiger partial charge in [-0.05, 0) is 18.2 Å². The van der Waals surface area contributed by atoms with E-state index in [0.29, 0.717) is 0 Å². The predicted molar refractivity (Wildman–Crippen MR) is 202 cm³/mol.